The summed E-state index contributed by atoms with van der Waals surface area (Å²) in [5, 5.41) is 23.6. The molecule has 0 bridgehead atoms. The fraction of sp³-hybridized carbons (Fsp3) is 0.238. The number of alkyl halides is 3. The van der Waals surface area contributed by atoms with Crippen LogP contribution in [0.3, 0.4) is 0 Å². The van der Waals surface area contributed by atoms with Crippen LogP contribution >= 0.6 is 0 Å². The van der Waals surface area contributed by atoms with Gasteiger partial charge in [0, 0.05) is 17.5 Å². The van der Waals surface area contributed by atoms with E-state index in [1.807, 2.05) is 0 Å². The molecule has 0 amide bonds. The lowest BCUT2D eigenvalue weighted by molar-refractivity contribution is -0.274. The molecule has 178 valence electrons. The van der Waals surface area contributed by atoms with Crippen LogP contribution in [0.4, 0.5) is 22.0 Å². The number of benzene rings is 2. The molecular weight excluding hydrogens is 463 g/mol. The average molecular weight is 480 g/mol. The highest BCUT2D eigenvalue weighted by atomic mass is 19.4. The molecule has 13 heteroatoms. The smallest absolute Gasteiger partial charge is 0.406 e. The van der Waals surface area contributed by atoms with Crippen molar-refractivity contribution in [2.45, 2.75) is 31.3 Å². The third-order valence-corrected chi connectivity index (χ3v) is 5.27. The van der Waals surface area contributed by atoms with Gasteiger partial charge in [0.05, 0.1) is 24.1 Å². The Morgan fingerprint density at radius 1 is 1.09 bits per heavy atom. The predicted octanol–water partition coefficient (Wildman–Crippen LogP) is 3.73. The maximum Gasteiger partial charge on any atom is 0.573 e. The first-order valence-corrected chi connectivity index (χ1v) is 9.84. The molecule has 0 aliphatic rings. The van der Waals surface area contributed by atoms with Crippen molar-refractivity contribution >= 4 is 0 Å². The minimum absolute atomic E-state index is 0.180. The Labute approximate surface area is 189 Å². The fourth-order valence-corrected chi connectivity index (χ4v) is 3.50. The van der Waals surface area contributed by atoms with E-state index in [9.17, 15) is 27.1 Å². The van der Waals surface area contributed by atoms with Crippen LogP contribution in [-0.2, 0) is 12.1 Å². The van der Waals surface area contributed by atoms with Crippen LogP contribution in [-0.4, -0.2) is 41.2 Å². The van der Waals surface area contributed by atoms with Crippen molar-refractivity contribution in [2.75, 3.05) is 0 Å². The first-order chi connectivity index (χ1) is 16.0. The second-order valence-electron chi connectivity index (χ2n) is 7.49. The number of halogens is 5. The minimum Gasteiger partial charge on any atom is -0.406 e. The van der Waals surface area contributed by atoms with Gasteiger partial charge in [-0.3, -0.25) is 0 Å². The SMILES string of the molecule is CC(c1cn(-c2ccc(OC(F)(F)F)cc2)nn1)C(O)(Cn1cncn1)c1ccc(F)cc1F. The van der Waals surface area contributed by atoms with Gasteiger partial charge in [0.25, 0.3) is 0 Å². The van der Waals surface area contributed by atoms with Crippen molar-refractivity contribution in [3.05, 3.63) is 84.2 Å². The summed E-state index contributed by atoms with van der Waals surface area (Å²) in [7, 11) is 0. The normalized spacial score (nSPS) is 14.6. The molecule has 0 spiro atoms. The first-order valence-electron chi connectivity index (χ1n) is 9.84. The van der Waals surface area contributed by atoms with E-state index in [1.165, 1.54) is 40.3 Å². The molecule has 8 nitrogen and oxygen atoms in total. The highest BCUT2D eigenvalue weighted by Gasteiger charge is 2.41. The van der Waals surface area contributed by atoms with Gasteiger partial charge in [-0.1, -0.05) is 18.2 Å². The van der Waals surface area contributed by atoms with Crippen LogP contribution in [0.15, 0.2) is 61.3 Å². The number of rotatable bonds is 7. The Balaban J connectivity index is 1.66. The van der Waals surface area contributed by atoms with E-state index in [0.29, 0.717) is 11.8 Å². The van der Waals surface area contributed by atoms with Gasteiger partial charge in [-0.15, -0.1) is 18.3 Å². The molecule has 2 atom stereocenters. The van der Waals surface area contributed by atoms with E-state index >= 15 is 0 Å². The summed E-state index contributed by atoms with van der Waals surface area (Å²) >= 11 is 0. The summed E-state index contributed by atoms with van der Waals surface area (Å²) in [5.41, 5.74) is -1.51. The lowest BCUT2D eigenvalue weighted by atomic mass is 9.80. The number of hydrogen-bond donors (Lipinski definition) is 1. The monoisotopic (exact) mass is 480 g/mol. The number of nitrogens with zero attached hydrogens (tertiary/aromatic N) is 6. The van der Waals surface area contributed by atoms with E-state index in [2.05, 4.69) is 25.1 Å². The Hall–Kier alpha value is -3.87. The van der Waals surface area contributed by atoms with Gasteiger partial charge in [-0.05, 0) is 30.3 Å². The maximum absolute atomic E-state index is 14.7. The van der Waals surface area contributed by atoms with Crippen molar-refractivity contribution in [3.63, 3.8) is 0 Å². The summed E-state index contributed by atoms with van der Waals surface area (Å²) in [6, 6.07) is 7.73. The number of hydrogen-bond acceptors (Lipinski definition) is 6. The van der Waals surface area contributed by atoms with Crippen molar-refractivity contribution in [1.29, 1.82) is 0 Å². The number of aromatic nitrogens is 6. The van der Waals surface area contributed by atoms with E-state index in [4.69, 9.17) is 0 Å². The Bertz CT molecular complexity index is 1260. The maximum atomic E-state index is 14.7. The topological polar surface area (TPSA) is 90.9 Å². The molecule has 0 aliphatic heterocycles. The summed E-state index contributed by atoms with van der Waals surface area (Å²) < 4.78 is 71.7. The van der Waals surface area contributed by atoms with Crippen LogP contribution in [0.5, 0.6) is 5.75 Å². The molecular formula is C21H17F5N6O2. The predicted molar refractivity (Wildman–Crippen MR) is 107 cm³/mol. The van der Waals surface area contributed by atoms with Crippen LogP contribution in [0.1, 0.15) is 24.1 Å². The molecule has 2 aromatic carbocycles. The van der Waals surface area contributed by atoms with E-state index in [0.717, 1.165) is 24.3 Å². The zero-order chi connectivity index (χ0) is 24.5. The Morgan fingerprint density at radius 3 is 2.44 bits per heavy atom. The zero-order valence-electron chi connectivity index (χ0n) is 17.5. The molecule has 2 heterocycles. The third kappa shape index (κ3) is 4.88. The van der Waals surface area contributed by atoms with Crippen molar-refractivity contribution in [3.8, 4) is 11.4 Å². The molecule has 0 aliphatic carbocycles. The molecule has 0 saturated carbocycles. The second kappa shape index (κ2) is 8.82. The van der Waals surface area contributed by atoms with Crippen molar-refractivity contribution < 1.29 is 31.8 Å². The average Bonchev–Trinajstić information content (AvgIpc) is 3.44. The van der Waals surface area contributed by atoms with Gasteiger partial charge in [-0.2, -0.15) is 5.10 Å². The second-order valence-corrected chi connectivity index (χ2v) is 7.49. The number of ether oxygens (including phenoxy) is 1. The lowest BCUT2D eigenvalue weighted by Crippen LogP contribution is -2.38. The molecule has 4 aromatic rings. The van der Waals surface area contributed by atoms with Gasteiger partial charge in [0.2, 0.25) is 0 Å². The fourth-order valence-electron chi connectivity index (χ4n) is 3.50. The third-order valence-electron chi connectivity index (χ3n) is 5.27. The summed E-state index contributed by atoms with van der Waals surface area (Å²) in [6.45, 7) is 1.35. The van der Waals surface area contributed by atoms with Crippen LogP contribution < -0.4 is 4.74 Å². The molecule has 0 radical (unpaired) electrons. The van der Waals surface area contributed by atoms with Crippen molar-refractivity contribution in [1.82, 2.24) is 29.8 Å². The van der Waals surface area contributed by atoms with Gasteiger partial charge in [0.1, 0.15) is 35.6 Å². The Kier molecular flexibility index (Phi) is 6.04. The van der Waals surface area contributed by atoms with Crippen LogP contribution in [0, 0.1) is 11.6 Å². The van der Waals surface area contributed by atoms with E-state index in [-0.39, 0.29) is 17.8 Å². The highest BCUT2D eigenvalue weighted by molar-refractivity contribution is 5.37. The molecule has 1 N–H and O–H groups in total. The lowest BCUT2D eigenvalue weighted by Gasteiger charge is -2.33. The summed E-state index contributed by atoms with van der Waals surface area (Å²) in [4.78, 5) is 3.82. The largest absolute Gasteiger partial charge is 0.573 e. The molecule has 34 heavy (non-hydrogen) atoms. The van der Waals surface area contributed by atoms with Gasteiger partial charge < -0.3 is 9.84 Å². The minimum atomic E-state index is -4.82. The van der Waals surface area contributed by atoms with Gasteiger partial charge in [-0.25, -0.2) is 23.1 Å². The standard InChI is InChI=1S/C21H17F5N6O2/c1-13(19-9-32(30-29-19)15-3-5-16(6-4-15)34-21(24,25)26)20(33,10-31-12-27-11-28-31)17-7-2-14(22)8-18(17)23/h2-9,11-13,33H,10H2,1H3. The quantitative estimate of drug-likeness (QED) is 0.406. The Morgan fingerprint density at radius 2 is 1.82 bits per heavy atom. The zero-order valence-corrected chi connectivity index (χ0v) is 17.5. The van der Waals surface area contributed by atoms with Gasteiger partial charge >= 0.3 is 6.36 Å². The van der Waals surface area contributed by atoms with E-state index in [1.54, 1.807) is 6.92 Å². The molecule has 0 fully saturated rings. The van der Waals surface area contributed by atoms with Gasteiger partial charge in [0.15, 0.2) is 0 Å². The molecule has 2 aromatic heterocycles. The first kappa shape index (κ1) is 23.3. The van der Waals surface area contributed by atoms with E-state index < -0.39 is 35.3 Å². The van der Waals surface area contributed by atoms with Crippen molar-refractivity contribution in [2.24, 2.45) is 0 Å². The van der Waals surface area contributed by atoms with Crippen LogP contribution in [0.2, 0.25) is 0 Å². The molecule has 0 saturated heterocycles. The summed E-state index contributed by atoms with van der Waals surface area (Å²) in [6.07, 6.45) is -0.797. The highest BCUT2D eigenvalue weighted by Crippen LogP contribution is 2.39. The number of aliphatic hydroxyl groups is 1. The van der Waals surface area contributed by atoms with Crippen LogP contribution in [0.25, 0.3) is 5.69 Å². The molecule has 4 rings (SSSR count). The summed E-state index contributed by atoms with van der Waals surface area (Å²) in [5.74, 6) is -3.04. The molecule has 2 unspecified atom stereocenters.